The fourth-order valence-corrected chi connectivity index (χ4v) is 4.32. The molecule has 34 heavy (non-hydrogen) atoms. The van der Waals surface area contributed by atoms with Crippen molar-refractivity contribution in [2.75, 3.05) is 19.8 Å². The predicted molar refractivity (Wildman–Crippen MR) is 127 cm³/mol. The summed E-state index contributed by atoms with van der Waals surface area (Å²) in [4.78, 5) is 38.0. The summed E-state index contributed by atoms with van der Waals surface area (Å²) in [6.45, 7) is 11.5. The van der Waals surface area contributed by atoms with E-state index in [1.54, 1.807) is 0 Å². The molecule has 0 aromatic carbocycles. The van der Waals surface area contributed by atoms with Crippen LogP contribution in [-0.4, -0.2) is 55.9 Å². The van der Waals surface area contributed by atoms with Crippen LogP contribution in [0.15, 0.2) is 0 Å². The molecule has 0 fully saturated rings. The van der Waals surface area contributed by atoms with Gasteiger partial charge >= 0.3 is 17.9 Å². The number of hydrogen-bond donors (Lipinski definition) is 0. The number of esters is 3. The van der Waals surface area contributed by atoms with Gasteiger partial charge in [0.2, 0.25) is 0 Å². The van der Waals surface area contributed by atoms with E-state index in [9.17, 15) is 27.4 Å². The maximum absolute atomic E-state index is 12.9. The van der Waals surface area contributed by atoms with Crippen molar-refractivity contribution in [3.63, 3.8) is 0 Å². The van der Waals surface area contributed by atoms with Crippen molar-refractivity contribution in [1.82, 2.24) is 0 Å². The fraction of sp³-hybridized carbons (Fsp3) is 0.875. The molecule has 0 aliphatic heterocycles. The maximum atomic E-state index is 12.9. The first-order chi connectivity index (χ1) is 16.0. The van der Waals surface area contributed by atoms with Crippen LogP contribution in [-0.2, 0) is 38.7 Å². The van der Waals surface area contributed by atoms with Crippen molar-refractivity contribution in [2.45, 2.75) is 91.7 Å². The van der Waals surface area contributed by atoms with Crippen LogP contribution in [0.5, 0.6) is 0 Å². The van der Waals surface area contributed by atoms with Crippen LogP contribution < -0.4 is 0 Å². The molecule has 0 bridgehead atoms. The summed E-state index contributed by atoms with van der Waals surface area (Å²) < 4.78 is 51.8. The highest BCUT2D eigenvalue weighted by atomic mass is 32.2. The van der Waals surface area contributed by atoms with Crippen LogP contribution in [0, 0.1) is 23.7 Å². The first-order valence-electron chi connectivity index (χ1n) is 12.4. The molecule has 2 unspecified atom stereocenters. The summed E-state index contributed by atoms with van der Waals surface area (Å²) in [5.74, 6) is -5.07. The van der Waals surface area contributed by atoms with Gasteiger partial charge in [-0.1, -0.05) is 80.1 Å². The second kappa shape index (κ2) is 16.9. The number of ether oxygens (including phenoxy) is 3. The van der Waals surface area contributed by atoms with Gasteiger partial charge in [0.15, 0.2) is 5.25 Å². The third-order valence-corrected chi connectivity index (χ3v) is 7.61. The average molecular weight is 508 g/mol. The Balaban J connectivity index is 5.81. The van der Waals surface area contributed by atoms with Gasteiger partial charge in [-0.25, -0.2) is 8.42 Å². The normalized spacial score (nSPS) is 13.7. The van der Waals surface area contributed by atoms with Gasteiger partial charge in [-0.2, -0.15) is 0 Å². The molecule has 0 spiro atoms. The molecular weight excluding hydrogens is 464 g/mol. The molecule has 2 atom stereocenters. The van der Waals surface area contributed by atoms with E-state index < -0.39 is 45.6 Å². The Morgan fingerprint density at radius 2 is 1.00 bits per heavy atom. The monoisotopic (exact) mass is 507 g/mol. The Morgan fingerprint density at radius 3 is 1.35 bits per heavy atom. The van der Waals surface area contributed by atoms with E-state index in [2.05, 4.69) is 0 Å². The van der Waals surface area contributed by atoms with E-state index in [1.165, 1.54) is 0 Å². The van der Waals surface area contributed by atoms with Crippen LogP contribution in [0.3, 0.4) is 0 Å². The Bertz CT molecular complexity index is 708. The molecular formula is C24H43O9S-. The summed E-state index contributed by atoms with van der Waals surface area (Å²) >= 11 is 0. The minimum atomic E-state index is -5.34. The summed E-state index contributed by atoms with van der Waals surface area (Å²) in [6.07, 6.45) is 3.56. The van der Waals surface area contributed by atoms with Gasteiger partial charge in [-0.05, 0) is 17.8 Å². The van der Waals surface area contributed by atoms with E-state index in [0.717, 1.165) is 12.8 Å². The van der Waals surface area contributed by atoms with Crippen LogP contribution in [0.25, 0.3) is 0 Å². The smallest absolute Gasteiger partial charge is 0.324 e. The zero-order valence-corrected chi connectivity index (χ0v) is 22.4. The van der Waals surface area contributed by atoms with Crippen LogP contribution in [0.2, 0.25) is 0 Å². The Morgan fingerprint density at radius 1 is 0.647 bits per heavy atom. The Hall–Kier alpha value is -1.68. The quantitative estimate of drug-likeness (QED) is 0.154. The lowest BCUT2D eigenvalue weighted by Crippen LogP contribution is -2.44. The van der Waals surface area contributed by atoms with Crippen LogP contribution in [0.4, 0.5) is 0 Å². The zero-order chi connectivity index (χ0) is 26.3. The summed E-state index contributed by atoms with van der Waals surface area (Å²) in [6, 6.07) is 0. The minimum Gasteiger partial charge on any atom is -0.747 e. The summed E-state index contributed by atoms with van der Waals surface area (Å²) in [5, 5.41) is -2.39. The van der Waals surface area contributed by atoms with Gasteiger partial charge in [-0.15, -0.1) is 0 Å². The van der Waals surface area contributed by atoms with Gasteiger partial charge in [0, 0.05) is 0 Å². The highest BCUT2D eigenvalue weighted by Crippen LogP contribution is 2.23. The van der Waals surface area contributed by atoms with Crippen molar-refractivity contribution in [2.24, 2.45) is 23.7 Å². The van der Waals surface area contributed by atoms with Crippen LogP contribution >= 0.6 is 0 Å². The lowest BCUT2D eigenvalue weighted by atomic mass is 10.00. The lowest BCUT2D eigenvalue weighted by molar-refractivity contribution is -0.160. The first kappa shape index (κ1) is 32.3. The fourth-order valence-electron chi connectivity index (χ4n) is 3.41. The second-order valence-corrected chi connectivity index (χ2v) is 10.2. The molecule has 9 nitrogen and oxygen atoms in total. The van der Waals surface area contributed by atoms with E-state index in [-0.39, 0.29) is 37.6 Å². The van der Waals surface area contributed by atoms with Gasteiger partial charge in [0.25, 0.3) is 0 Å². The van der Waals surface area contributed by atoms with Gasteiger partial charge < -0.3 is 18.8 Å². The molecule has 200 valence electrons. The van der Waals surface area contributed by atoms with E-state index >= 15 is 0 Å². The molecule has 0 heterocycles. The highest BCUT2D eigenvalue weighted by molar-refractivity contribution is 7.87. The molecule has 0 saturated carbocycles. The van der Waals surface area contributed by atoms with Gasteiger partial charge in [0.05, 0.1) is 32.2 Å². The van der Waals surface area contributed by atoms with E-state index in [4.69, 9.17) is 14.2 Å². The third-order valence-electron chi connectivity index (χ3n) is 6.46. The first-order valence-corrected chi connectivity index (χ1v) is 13.9. The van der Waals surface area contributed by atoms with Crippen molar-refractivity contribution in [3.8, 4) is 0 Å². The van der Waals surface area contributed by atoms with Gasteiger partial charge in [0.1, 0.15) is 10.1 Å². The topological polar surface area (TPSA) is 136 Å². The minimum absolute atomic E-state index is 0.0143. The SMILES string of the molecule is CCC(CC)COC(=O)CC(C(=O)OCC(CC)CC)C(C(=O)OCC(CC)CC)S(=O)(=O)[O-]. The molecule has 0 aliphatic rings. The Kier molecular flexibility index (Phi) is 16.0. The molecule has 10 heteroatoms. The number of carbonyl (C=O) groups is 3. The summed E-state index contributed by atoms with van der Waals surface area (Å²) in [7, 11) is -5.34. The maximum Gasteiger partial charge on any atom is 0.324 e. The van der Waals surface area contributed by atoms with Crippen molar-refractivity contribution in [1.29, 1.82) is 0 Å². The molecule has 0 aliphatic carbocycles. The van der Waals surface area contributed by atoms with E-state index in [1.807, 2.05) is 41.5 Å². The number of rotatable bonds is 18. The number of carbonyl (C=O) groups excluding carboxylic acids is 3. The molecule has 0 amide bonds. The predicted octanol–water partition coefficient (Wildman–Crippen LogP) is 3.84. The molecule has 0 N–H and O–H groups in total. The molecule has 0 radical (unpaired) electrons. The highest BCUT2D eigenvalue weighted by Gasteiger charge is 2.43. The van der Waals surface area contributed by atoms with Crippen molar-refractivity contribution < 1.29 is 41.6 Å². The molecule has 0 aromatic rings. The van der Waals surface area contributed by atoms with Crippen LogP contribution in [0.1, 0.15) is 86.5 Å². The molecule has 0 aromatic heterocycles. The Labute approximate surface area is 205 Å². The van der Waals surface area contributed by atoms with Gasteiger partial charge in [-0.3, -0.25) is 14.4 Å². The number of hydrogen-bond acceptors (Lipinski definition) is 9. The second-order valence-electron chi connectivity index (χ2n) is 8.71. The standard InChI is InChI=1S/C24H44O9S/c1-7-17(8-2)14-31-21(25)13-20(23(26)32-15-18(9-3)10-4)22(34(28,29)30)24(27)33-16-19(11-5)12-6/h17-20,22H,7-16H2,1-6H3,(H,28,29,30)/p-1. The third kappa shape index (κ3) is 11.6. The van der Waals surface area contributed by atoms with Crippen molar-refractivity contribution >= 4 is 28.0 Å². The summed E-state index contributed by atoms with van der Waals surface area (Å²) in [5.41, 5.74) is 0. The lowest BCUT2D eigenvalue weighted by Gasteiger charge is -2.27. The molecule has 0 saturated heterocycles. The zero-order valence-electron chi connectivity index (χ0n) is 21.5. The van der Waals surface area contributed by atoms with Crippen molar-refractivity contribution in [3.05, 3.63) is 0 Å². The van der Waals surface area contributed by atoms with E-state index in [0.29, 0.717) is 25.7 Å². The average Bonchev–Trinajstić information content (AvgIpc) is 2.79. The molecule has 0 rings (SSSR count). The largest absolute Gasteiger partial charge is 0.747 e.